The molecular formula is C32H46O3. The van der Waals surface area contributed by atoms with Gasteiger partial charge in [0.05, 0.1) is 0 Å². The Hall–Kier alpha value is -2.55. The summed E-state index contributed by atoms with van der Waals surface area (Å²) in [4.78, 5) is 34.4. The summed E-state index contributed by atoms with van der Waals surface area (Å²) >= 11 is 0. The Morgan fingerprint density at radius 1 is 0.600 bits per heavy atom. The van der Waals surface area contributed by atoms with Gasteiger partial charge in [-0.05, 0) is 6.42 Å². The summed E-state index contributed by atoms with van der Waals surface area (Å²) in [5.74, 6) is -0.932. The van der Waals surface area contributed by atoms with Gasteiger partial charge in [0.25, 0.3) is 0 Å². The predicted molar refractivity (Wildman–Crippen MR) is 147 cm³/mol. The van der Waals surface area contributed by atoms with Gasteiger partial charge in [0.15, 0.2) is 0 Å². The van der Waals surface area contributed by atoms with Gasteiger partial charge < -0.3 is 4.79 Å². The Labute approximate surface area is 213 Å². The lowest BCUT2D eigenvalue weighted by Gasteiger charge is -2.15. The molecule has 3 nitrogen and oxygen atoms in total. The molecule has 0 amide bonds. The van der Waals surface area contributed by atoms with E-state index in [0.29, 0.717) is 11.1 Å². The van der Waals surface area contributed by atoms with Crippen molar-refractivity contribution < 1.29 is 14.4 Å². The van der Waals surface area contributed by atoms with Gasteiger partial charge in [-0.25, -0.2) is 0 Å². The van der Waals surface area contributed by atoms with Crippen molar-refractivity contribution in [1.29, 1.82) is 0 Å². The number of rotatable bonds is 17. The van der Waals surface area contributed by atoms with Gasteiger partial charge in [0, 0.05) is 16.5 Å². The number of hydrogen-bond acceptors (Lipinski definition) is 3. The third-order valence-electron chi connectivity index (χ3n) is 6.27. The first-order valence-electron chi connectivity index (χ1n) is 13.6. The van der Waals surface area contributed by atoms with Gasteiger partial charge >= 0.3 is 0 Å². The van der Waals surface area contributed by atoms with Crippen molar-refractivity contribution in [2.75, 3.05) is 0 Å². The summed E-state index contributed by atoms with van der Waals surface area (Å²) < 4.78 is 0. The molecule has 2 aromatic carbocycles. The standard InChI is InChI=1S/C18H36O.C14H10O2/c1-4-5-6-7-8-9-10-11-12-13-14-15-16-18(2,3)17-19;15-13(11-7-3-1-4-8-11)14(16)12-9-5-2-6-10-12/h17H,4-16H2,1-3H3;1-10H. The SMILES string of the molecule is CCCCCCCCCCCCCCC(C)(C)C=O.O=C(C(=O)c1ccccc1)c1ccccc1. The normalized spacial score (nSPS) is 10.8. The van der Waals surface area contributed by atoms with E-state index in [1.165, 1.54) is 77.0 Å². The Bertz CT molecular complexity index is 775. The average molecular weight is 479 g/mol. The molecule has 0 unspecified atom stereocenters. The molecule has 0 saturated carbocycles. The first-order valence-corrected chi connectivity index (χ1v) is 13.6. The second kappa shape index (κ2) is 18.7. The molecule has 35 heavy (non-hydrogen) atoms. The molecule has 0 radical (unpaired) electrons. The van der Waals surface area contributed by atoms with Crippen LogP contribution in [0.2, 0.25) is 0 Å². The van der Waals surface area contributed by atoms with Crippen molar-refractivity contribution in [3.63, 3.8) is 0 Å². The fourth-order valence-electron chi connectivity index (χ4n) is 3.92. The van der Waals surface area contributed by atoms with Crippen LogP contribution >= 0.6 is 0 Å². The van der Waals surface area contributed by atoms with E-state index in [2.05, 4.69) is 6.92 Å². The first kappa shape index (κ1) is 30.5. The number of carbonyl (C=O) groups excluding carboxylic acids is 3. The maximum atomic E-state index is 11.8. The molecule has 2 rings (SSSR count). The molecule has 0 N–H and O–H groups in total. The molecule has 0 heterocycles. The van der Waals surface area contributed by atoms with Gasteiger partial charge in [-0.15, -0.1) is 0 Å². The average Bonchev–Trinajstić information content (AvgIpc) is 2.90. The lowest BCUT2D eigenvalue weighted by Crippen LogP contribution is -2.14. The summed E-state index contributed by atoms with van der Waals surface area (Å²) in [7, 11) is 0. The Balaban J connectivity index is 0.000000353. The summed E-state index contributed by atoms with van der Waals surface area (Å²) in [6.07, 6.45) is 18.7. The van der Waals surface area contributed by atoms with E-state index < -0.39 is 11.6 Å². The van der Waals surface area contributed by atoms with Crippen LogP contribution in [0.4, 0.5) is 0 Å². The Morgan fingerprint density at radius 3 is 1.29 bits per heavy atom. The van der Waals surface area contributed by atoms with E-state index in [1.54, 1.807) is 48.5 Å². The highest BCUT2D eigenvalue weighted by Crippen LogP contribution is 2.21. The molecule has 0 saturated heterocycles. The van der Waals surface area contributed by atoms with E-state index in [0.717, 1.165) is 12.7 Å². The van der Waals surface area contributed by atoms with Gasteiger partial charge in [-0.1, -0.05) is 158 Å². The summed E-state index contributed by atoms with van der Waals surface area (Å²) in [6.45, 7) is 6.35. The Kier molecular flexibility index (Phi) is 16.3. The predicted octanol–water partition coefficient (Wildman–Crippen LogP) is 9.05. The summed E-state index contributed by atoms with van der Waals surface area (Å²) in [5, 5.41) is 0. The largest absolute Gasteiger partial charge is 0.303 e. The maximum Gasteiger partial charge on any atom is 0.233 e. The van der Waals surface area contributed by atoms with Crippen LogP contribution < -0.4 is 0 Å². The van der Waals surface area contributed by atoms with Crippen LogP contribution in [0.5, 0.6) is 0 Å². The topological polar surface area (TPSA) is 51.2 Å². The van der Waals surface area contributed by atoms with Crippen LogP contribution in [0.3, 0.4) is 0 Å². The second-order valence-corrected chi connectivity index (χ2v) is 10.1. The molecule has 3 heteroatoms. The van der Waals surface area contributed by atoms with E-state index in [9.17, 15) is 14.4 Å². The molecular weight excluding hydrogens is 432 g/mol. The Morgan fingerprint density at radius 2 is 0.943 bits per heavy atom. The minimum absolute atomic E-state index is 0.0987. The molecule has 0 aromatic heterocycles. The molecule has 2 aromatic rings. The van der Waals surface area contributed by atoms with Crippen molar-refractivity contribution in [2.45, 2.75) is 104 Å². The molecule has 0 aliphatic heterocycles. The third-order valence-corrected chi connectivity index (χ3v) is 6.27. The fourth-order valence-corrected chi connectivity index (χ4v) is 3.92. The van der Waals surface area contributed by atoms with Crippen molar-refractivity contribution in [3.8, 4) is 0 Å². The van der Waals surface area contributed by atoms with Gasteiger partial charge in [0.1, 0.15) is 6.29 Å². The molecule has 0 spiro atoms. The van der Waals surface area contributed by atoms with Crippen LogP contribution in [0.1, 0.15) is 125 Å². The maximum absolute atomic E-state index is 11.8. The van der Waals surface area contributed by atoms with Crippen LogP contribution in [0, 0.1) is 5.41 Å². The summed E-state index contributed by atoms with van der Waals surface area (Å²) in [5.41, 5.74) is 0.756. The zero-order valence-corrected chi connectivity index (χ0v) is 22.3. The van der Waals surface area contributed by atoms with Crippen molar-refractivity contribution in [2.24, 2.45) is 5.41 Å². The summed E-state index contributed by atoms with van der Waals surface area (Å²) in [6, 6.07) is 17.2. The zero-order chi connectivity index (χ0) is 25.8. The van der Waals surface area contributed by atoms with E-state index in [4.69, 9.17) is 0 Å². The number of benzene rings is 2. The van der Waals surface area contributed by atoms with Crippen molar-refractivity contribution in [1.82, 2.24) is 0 Å². The molecule has 0 aliphatic rings. The molecule has 192 valence electrons. The highest BCUT2D eigenvalue weighted by molar-refractivity contribution is 6.49. The number of hydrogen-bond donors (Lipinski definition) is 0. The highest BCUT2D eigenvalue weighted by atomic mass is 16.2. The van der Waals surface area contributed by atoms with E-state index in [1.807, 2.05) is 26.0 Å². The number of carbonyl (C=O) groups is 3. The smallest absolute Gasteiger partial charge is 0.233 e. The van der Waals surface area contributed by atoms with Crippen molar-refractivity contribution >= 4 is 17.9 Å². The third kappa shape index (κ3) is 14.4. The minimum Gasteiger partial charge on any atom is -0.303 e. The van der Waals surface area contributed by atoms with E-state index in [-0.39, 0.29) is 5.41 Å². The van der Waals surface area contributed by atoms with E-state index >= 15 is 0 Å². The quantitative estimate of drug-likeness (QED) is 0.0986. The first-order chi connectivity index (χ1) is 16.9. The lowest BCUT2D eigenvalue weighted by molar-refractivity contribution is -0.115. The van der Waals surface area contributed by atoms with Crippen LogP contribution in [-0.2, 0) is 4.79 Å². The van der Waals surface area contributed by atoms with Crippen LogP contribution in [0.15, 0.2) is 60.7 Å². The molecule has 0 fully saturated rings. The molecule has 0 atom stereocenters. The van der Waals surface area contributed by atoms with Crippen LogP contribution in [0.25, 0.3) is 0 Å². The second-order valence-electron chi connectivity index (χ2n) is 10.1. The van der Waals surface area contributed by atoms with Gasteiger partial charge in [0.2, 0.25) is 11.6 Å². The number of unbranched alkanes of at least 4 members (excludes halogenated alkanes) is 11. The number of aldehydes is 1. The minimum atomic E-state index is -0.466. The fraction of sp³-hybridized carbons (Fsp3) is 0.531. The zero-order valence-electron chi connectivity index (χ0n) is 22.3. The van der Waals surface area contributed by atoms with Crippen molar-refractivity contribution in [3.05, 3.63) is 71.8 Å². The molecule has 0 bridgehead atoms. The van der Waals surface area contributed by atoms with Crippen LogP contribution in [-0.4, -0.2) is 17.9 Å². The molecule has 0 aliphatic carbocycles. The monoisotopic (exact) mass is 478 g/mol. The van der Waals surface area contributed by atoms with Gasteiger partial charge in [-0.2, -0.15) is 0 Å². The number of Topliss-reactive ketones (excluding diaryl/α,β-unsaturated/α-hetero) is 2. The number of ketones is 2. The van der Waals surface area contributed by atoms with Gasteiger partial charge in [-0.3, -0.25) is 9.59 Å². The highest BCUT2D eigenvalue weighted by Gasteiger charge is 2.17. The lowest BCUT2D eigenvalue weighted by atomic mass is 9.88.